The number of nitrogens with one attached hydrogen (secondary N) is 2. The summed E-state index contributed by atoms with van der Waals surface area (Å²) in [6.07, 6.45) is 1.80. The van der Waals surface area contributed by atoms with Gasteiger partial charge in [-0.25, -0.2) is 14.4 Å². The number of pyridine rings is 1. The lowest BCUT2D eigenvalue weighted by Gasteiger charge is -2.27. The van der Waals surface area contributed by atoms with E-state index in [0.717, 1.165) is 0 Å². The molecule has 1 aliphatic heterocycles. The molecule has 1 atom stereocenters. The average Bonchev–Trinajstić information content (AvgIpc) is 2.82. The quantitative estimate of drug-likeness (QED) is 0.332. The predicted octanol–water partition coefficient (Wildman–Crippen LogP) is 2.79. The number of fused-ring (bicyclic) bond motifs is 1. The van der Waals surface area contributed by atoms with Gasteiger partial charge in [-0.1, -0.05) is 24.3 Å². The molecular weight excluding hydrogens is 439 g/mol. The molecule has 0 fully saturated rings. The first-order chi connectivity index (χ1) is 16.5. The number of benzene rings is 2. The SMILES string of the molecule is COc1cccc(C2N=C(NC#N)Nc3nc(N)c(C#N)c(N)c32)c1OCc1cccc(F)c1. The molecule has 2 heterocycles. The van der Waals surface area contributed by atoms with Crippen LogP contribution in [0.15, 0.2) is 47.5 Å². The van der Waals surface area contributed by atoms with Crippen LogP contribution in [0.25, 0.3) is 0 Å². The Morgan fingerprint density at radius 3 is 2.71 bits per heavy atom. The standard InChI is InChI=1S/C23H19FN8O2/c1-33-16-7-3-6-14(20(16)34-10-12-4-2-5-13(24)8-12)19-17-18(27)15(9-25)21(28)31-22(17)32-23(30-19)29-11-26/h2-8,19H,10H2,1H3,(H6,27,28,29,30,31,32). The zero-order chi connectivity index (χ0) is 24.2. The summed E-state index contributed by atoms with van der Waals surface area (Å²) in [6.45, 7) is 0.0505. The van der Waals surface area contributed by atoms with Crippen molar-refractivity contribution < 1.29 is 13.9 Å². The zero-order valence-corrected chi connectivity index (χ0v) is 18.0. The van der Waals surface area contributed by atoms with E-state index in [2.05, 4.69) is 20.6 Å². The summed E-state index contributed by atoms with van der Waals surface area (Å²) in [6, 6.07) is 12.4. The van der Waals surface area contributed by atoms with Gasteiger partial charge in [0, 0.05) is 11.1 Å². The fourth-order valence-electron chi connectivity index (χ4n) is 3.65. The molecule has 1 aromatic heterocycles. The number of hydrogen-bond acceptors (Lipinski definition) is 10. The number of anilines is 3. The van der Waals surface area contributed by atoms with E-state index in [1.54, 1.807) is 36.5 Å². The highest BCUT2D eigenvalue weighted by Gasteiger charge is 2.32. The van der Waals surface area contributed by atoms with E-state index < -0.39 is 6.04 Å². The Bertz CT molecular complexity index is 1380. The zero-order valence-electron chi connectivity index (χ0n) is 18.0. The Kier molecular flexibility index (Phi) is 6.01. The molecular formula is C23H19FN8O2. The third kappa shape index (κ3) is 4.06. The van der Waals surface area contributed by atoms with Gasteiger partial charge in [0.2, 0.25) is 5.96 Å². The molecule has 3 aromatic rings. The van der Waals surface area contributed by atoms with E-state index in [1.165, 1.54) is 19.2 Å². The highest BCUT2D eigenvalue weighted by molar-refractivity contribution is 5.98. The molecule has 0 spiro atoms. The van der Waals surface area contributed by atoms with E-state index in [-0.39, 0.29) is 41.3 Å². The van der Waals surface area contributed by atoms with Gasteiger partial charge in [-0.15, -0.1) is 0 Å². The Hall–Kier alpha value is -5.03. The molecule has 0 saturated heterocycles. The number of methoxy groups -OCH3 is 1. The number of para-hydroxylation sites is 1. The number of nitrogen functional groups attached to an aromatic ring is 2. The topological polar surface area (TPSA) is 167 Å². The fourth-order valence-corrected chi connectivity index (χ4v) is 3.65. The lowest BCUT2D eigenvalue weighted by Crippen LogP contribution is -2.33. The van der Waals surface area contributed by atoms with Crippen molar-refractivity contribution in [3.05, 3.63) is 70.5 Å². The van der Waals surface area contributed by atoms with Crippen molar-refractivity contribution >= 4 is 23.3 Å². The van der Waals surface area contributed by atoms with Crippen molar-refractivity contribution in [3.8, 4) is 23.8 Å². The number of rotatable bonds is 5. The van der Waals surface area contributed by atoms with Crippen molar-refractivity contribution in [1.82, 2.24) is 10.3 Å². The maximum absolute atomic E-state index is 13.6. The first kappa shape index (κ1) is 22.2. The lowest BCUT2D eigenvalue weighted by molar-refractivity contribution is 0.280. The van der Waals surface area contributed by atoms with E-state index >= 15 is 0 Å². The maximum Gasteiger partial charge on any atom is 0.211 e. The summed E-state index contributed by atoms with van der Waals surface area (Å²) in [5.74, 6) is 0.645. The molecule has 0 amide bonds. The minimum absolute atomic E-state index is 0.0163. The summed E-state index contributed by atoms with van der Waals surface area (Å²) in [5, 5.41) is 24.0. The highest BCUT2D eigenvalue weighted by Crippen LogP contribution is 2.45. The Balaban J connectivity index is 1.86. The summed E-state index contributed by atoms with van der Waals surface area (Å²) in [4.78, 5) is 8.81. The number of guanidine groups is 1. The van der Waals surface area contributed by atoms with Crippen molar-refractivity contribution in [2.45, 2.75) is 12.6 Å². The molecule has 0 radical (unpaired) electrons. The van der Waals surface area contributed by atoms with Crippen molar-refractivity contribution in [2.24, 2.45) is 4.99 Å². The Labute approximate surface area is 194 Å². The van der Waals surface area contributed by atoms with Crippen molar-refractivity contribution in [1.29, 1.82) is 10.5 Å². The number of aromatic nitrogens is 1. The fraction of sp³-hybridized carbons (Fsp3) is 0.130. The first-order valence-electron chi connectivity index (χ1n) is 9.99. The van der Waals surface area contributed by atoms with Gasteiger partial charge in [-0.2, -0.15) is 10.5 Å². The van der Waals surface area contributed by atoms with E-state index in [9.17, 15) is 9.65 Å². The van der Waals surface area contributed by atoms with Crippen LogP contribution in [0.1, 0.15) is 28.3 Å². The van der Waals surface area contributed by atoms with Gasteiger partial charge in [0.1, 0.15) is 41.7 Å². The molecule has 1 unspecified atom stereocenters. The molecule has 1 aliphatic rings. The molecule has 6 N–H and O–H groups in total. The highest BCUT2D eigenvalue weighted by atomic mass is 19.1. The third-order valence-corrected chi connectivity index (χ3v) is 5.15. The van der Waals surface area contributed by atoms with Crippen LogP contribution in [-0.4, -0.2) is 18.1 Å². The molecule has 0 aliphatic carbocycles. The molecule has 2 aromatic carbocycles. The third-order valence-electron chi connectivity index (χ3n) is 5.15. The van der Waals surface area contributed by atoms with Crippen LogP contribution in [0.2, 0.25) is 0 Å². The second-order valence-electron chi connectivity index (χ2n) is 7.20. The molecule has 170 valence electrons. The van der Waals surface area contributed by atoms with E-state index in [0.29, 0.717) is 28.2 Å². The number of nitrogens with two attached hydrogens (primary N) is 2. The van der Waals surface area contributed by atoms with Crippen LogP contribution in [0.5, 0.6) is 11.5 Å². The van der Waals surface area contributed by atoms with Gasteiger partial charge in [-0.3, -0.25) is 5.32 Å². The number of aliphatic imine (C=N–C) groups is 1. The molecule has 4 rings (SSSR count). The summed E-state index contributed by atoms with van der Waals surface area (Å²) in [5.41, 5.74) is 13.9. The molecule has 34 heavy (non-hydrogen) atoms. The Morgan fingerprint density at radius 2 is 2.00 bits per heavy atom. The normalized spacial score (nSPS) is 14.0. The number of nitriles is 2. The predicted molar refractivity (Wildman–Crippen MR) is 123 cm³/mol. The number of hydrogen-bond donors (Lipinski definition) is 4. The van der Waals surface area contributed by atoms with Gasteiger partial charge < -0.3 is 26.3 Å². The van der Waals surface area contributed by atoms with Crippen LogP contribution in [-0.2, 0) is 6.61 Å². The second-order valence-corrected chi connectivity index (χ2v) is 7.20. The van der Waals surface area contributed by atoms with Crippen LogP contribution >= 0.6 is 0 Å². The summed E-state index contributed by atoms with van der Waals surface area (Å²) < 4.78 is 25.2. The van der Waals surface area contributed by atoms with Gasteiger partial charge in [-0.05, 0) is 23.8 Å². The number of nitrogens with zero attached hydrogens (tertiary/aromatic N) is 4. The van der Waals surface area contributed by atoms with E-state index in [4.69, 9.17) is 26.2 Å². The monoisotopic (exact) mass is 458 g/mol. The average molecular weight is 458 g/mol. The van der Waals surface area contributed by atoms with Gasteiger partial charge in [0.25, 0.3) is 0 Å². The minimum Gasteiger partial charge on any atom is -0.493 e. The molecule has 11 heteroatoms. The van der Waals surface area contributed by atoms with Crippen LogP contribution in [0.3, 0.4) is 0 Å². The van der Waals surface area contributed by atoms with Crippen LogP contribution in [0, 0.1) is 28.6 Å². The van der Waals surface area contributed by atoms with E-state index in [1.807, 2.05) is 6.07 Å². The smallest absolute Gasteiger partial charge is 0.211 e. The van der Waals surface area contributed by atoms with Crippen LogP contribution < -0.4 is 31.6 Å². The largest absolute Gasteiger partial charge is 0.493 e. The minimum atomic E-state index is -0.829. The Morgan fingerprint density at radius 1 is 1.21 bits per heavy atom. The number of halogens is 1. The van der Waals surface area contributed by atoms with Gasteiger partial charge >= 0.3 is 0 Å². The maximum atomic E-state index is 13.6. The molecule has 10 nitrogen and oxygen atoms in total. The molecule has 0 saturated carbocycles. The van der Waals surface area contributed by atoms with Crippen LogP contribution in [0.4, 0.5) is 21.7 Å². The summed E-state index contributed by atoms with van der Waals surface area (Å²) in [7, 11) is 1.49. The second kappa shape index (κ2) is 9.22. The number of ether oxygens (including phenoxy) is 2. The van der Waals surface area contributed by atoms with Crippen molar-refractivity contribution in [2.75, 3.05) is 23.9 Å². The van der Waals surface area contributed by atoms with Gasteiger partial charge in [0.05, 0.1) is 12.8 Å². The lowest BCUT2D eigenvalue weighted by atomic mass is 9.94. The van der Waals surface area contributed by atoms with Crippen molar-refractivity contribution in [3.63, 3.8) is 0 Å². The summed E-state index contributed by atoms with van der Waals surface area (Å²) >= 11 is 0. The van der Waals surface area contributed by atoms with Gasteiger partial charge in [0.15, 0.2) is 17.7 Å². The molecule has 0 bridgehead atoms. The first-order valence-corrected chi connectivity index (χ1v) is 9.99.